The highest BCUT2D eigenvalue weighted by atomic mass is 35.5. The molecular formula is C16H17ClN2O. The number of hydrogen-bond acceptors (Lipinski definition) is 2. The summed E-state index contributed by atoms with van der Waals surface area (Å²) in [6, 6.07) is 10.3. The van der Waals surface area contributed by atoms with Crippen molar-refractivity contribution < 1.29 is 4.79 Å². The third-order valence-electron chi connectivity index (χ3n) is 3.85. The predicted molar refractivity (Wildman–Crippen MR) is 80.9 cm³/mol. The number of pyridine rings is 1. The van der Waals surface area contributed by atoms with E-state index in [1.807, 2.05) is 11.0 Å². The minimum Gasteiger partial charge on any atom is -0.342 e. The third kappa shape index (κ3) is 2.78. The monoisotopic (exact) mass is 288 g/mol. The first kappa shape index (κ1) is 13.4. The Morgan fingerprint density at radius 2 is 2.25 bits per heavy atom. The number of alkyl halides is 1. The lowest BCUT2D eigenvalue weighted by atomic mass is 10.1. The molecule has 0 saturated carbocycles. The third-order valence-corrected chi connectivity index (χ3v) is 4.29. The van der Waals surface area contributed by atoms with E-state index in [9.17, 15) is 4.79 Å². The minimum absolute atomic E-state index is 0.231. The Morgan fingerprint density at radius 3 is 3.05 bits per heavy atom. The second kappa shape index (κ2) is 5.80. The smallest absolute Gasteiger partial charge is 0.222 e. The van der Waals surface area contributed by atoms with Crippen molar-refractivity contribution in [3.63, 3.8) is 0 Å². The lowest BCUT2D eigenvalue weighted by Gasteiger charge is -2.16. The number of carbonyl (C=O) groups is 1. The van der Waals surface area contributed by atoms with Crippen LogP contribution < -0.4 is 0 Å². The quantitative estimate of drug-likeness (QED) is 0.811. The van der Waals surface area contributed by atoms with E-state index >= 15 is 0 Å². The van der Waals surface area contributed by atoms with Crippen LogP contribution >= 0.6 is 11.6 Å². The Hall–Kier alpha value is -1.61. The summed E-state index contributed by atoms with van der Waals surface area (Å²) < 4.78 is 0. The van der Waals surface area contributed by atoms with Crippen molar-refractivity contribution >= 4 is 28.4 Å². The molecule has 1 fully saturated rings. The van der Waals surface area contributed by atoms with Gasteiger partial charge < -0.3 is 4.90 Å². The van der Waals surface area contributed by atoms with Crippen LogP contribution in [-0.4, -0.2) is 34.8 Å². The van der Waals surface area contributed by atoms with Crippen molar-refractivity contribution in [2.75, 3.05) is 19.0 Å². The number of carbonyl (C=O) groups excluding carboxylic acids is 1. The fraction of sp³-hybridized carbons (Fsp3) is 0.375. The summed E-state index contributed by atoms with van der Waals surface area (Å²) in [4.78, 5) is 18.1. The first-order chi connectivity index (χ1) is 9.76. The molecule has 104 valence electrons. The molecule has 0 aliphatic carbocycles. The Balaban J connectivity index is 1.66. The molecule has 3 rings (SSSR count). The first-order valence-corrected chi connectivity index (χ1v) is 7.47. The molecule has 0 bridgehead atoms. The fourth-order valence-corrected chi connectivity index (χ4v) is 2.91. The number of halogens is 1. The van der Waals surface area contributed by atoms with Crippen LogP contribution in [0.3, 0.4) is 0 Å². The summed E-state index contributed by atoms with van der Waals surface area (Å²) in [7, 11) is 0. The number of likely N-dealkylation sites (tertiary alicyclic amines) is 1. The summed E-state index contributed by atoms with van der Waals surface area (Å²) in [5, 5.41) is 1.15. The van der Waals surface area contributed by atoms with E-state index in [4.69, 9.17) is 11.6 Å². The molecule has 1 saturated heterocycles. The van der Waals surface area contributed by atoms with Gasteiger partial charge in [0.15, 0.2) is 0 Å². The summed E-state index contributed by atoms with van der Waals surface area (Å²) >= 11 is 5.83. The Morgan fingerprint density at radius 1 is 1.35 bits per heavy atom. The number of hydrogen-bond donors (Lipinski definition) is 0. The van der Waals surface area contributed by atoms with E-state index in [0.29, 0.717) is 18.2 Å². The molecular weight excluding hydrogens is 272 g/mol. The molecule has 3 nitrogen and oxygen atoms in total. The van der Waals surface area contributed by atoms with Gasteiger partial charge in [0, 0.05) is 37.0 Å². The molecule has 4 heteroatoms. The maximum atomic E-state index is 11.8. The number of amides is 1. The molecule has 1 aliphatic heterocycles. The van der Waals surface area contributed by atoms with Gasteiger partial charge in [-0.2, -0.15) is 0 Å². The van der Waals surface area contributed by atoms with E-state index in [0.717, 1.165) is 30.4 Å². The Kier molecular flexibility index (Phi) is 3.88. The zero-order valence-corrected chi connectivity index (χ0v) is 12.0. The standard InChI is InChI=1S/C16H17ClN2O/c17-10-13-9-16(20)19(11-13)7-5-12-3-4-14-2-1-6-18-15(14)8-12/h1-4,6,8,13H,5,7,9-11H2. The van der Waals surface area contributed by atoms with Crippen LogP contribution in [0.25, 0.3) is 10.9 Å². The highest BCUT2D eigenvalue weighted by Crippen LogP contribution is 2.20. The van der Waals surface area contributed by atoms with Gasteiger partial charge in [-0.15, -0.1) is 11.6 Å². The number of rotatable bonds is 4. The molecule has 0 spiro atoms. The van der Waals surface area contributed by atoms with Crippen LogP contribution in [-0.2, 0) is 11.2 Å². The molecule has 1 amide bonds. The largest absolute Gasteiger partial charge is 0.342 e. The van der Waals surface area contributed by atoms with Gasteiger partial charge in [0.05, 0.1) is 5.52 Å². The molecule has 0 radical (unpaired) electrons. The fourth-order valence-electron chi connectivity index (χ4n) is 2.71. The van der Waals surface area contributed by atoms with Gasteiger partial charge >= 0.3 is 0 Å². The van der Waals surface area contributed by atoms with Crippen molar-refractivity contribution in [3.05, 3.63) is 42.1 Å². The summed E-state index contributed by atoms with van der Waals surface area (Å²) in [5.74, 6) is 1.12. The lowest BCUT2D eigenvalue weighted by Crippen LogP contribution is -2.27. The second-order valence-corrected chi connectivity index (χ2v) is 5.65. The van der Waals surface area contributed by atoms with Gasteiger partial charge in [-0.1, -0.05) is 18.2 Å². The van der Waals surface area contributed by atoms with E-state index < -0.39 is 0 Å². The Labute approximate surface area is 123 Å². The molecule has 2 heterocycles. The van der Waals surface area contributed by atoms with Crippen molar-refractivity contribution in [2.24, 2.45) is 5.92 Å². The van der Waals surface area contributed by atoms with Crippen LogP contribution in [0.15, 0.2) is 36.5 Å². The molecule has 1 aliphatic rings. The summed E-state index contributed by atoms with van der Waals surface area (Å²) in [5.41, 5.74) is 2.23. The van der Waals surface area contributed by atoms with Gasteiger partial charge in [0.1, 0.15) is 0 Å². The number of benzene rings is 1. The number of nitrogens with zero attached hydrogens (tertiary/aromatic N) is 2. The molecule has 1 aromatic carbocycles. The van der Waals surface area contributed by atoms with Crippen LogP contribution in [0.1, 0.15) is 12.0 Å². The van der Waals surface area contributed by atoms with E-state index in [2.05, 4.69) is 29.2 Å². The van der Waals surface area contributed by atoms with Crippen molar-refractivity contribution in [2.45, 2.75) is 12.8 Å². The second-order valence-electron chi connectivity index (χ2n) is 5.34. The van der Waals surface area contributed by atoms with Crippen LogP contribution in [0, 0.1) is 5.92 Å². The summed E-state index contributed by atoms with van der Waals surface area (Å²) in [6.45, 7) is 1.57. The number of aromatic nitrogens is 1. The predicted octanol–water partition coefficient (Wildman–Crippen LogP) is 2.86. The molecule has 1 unspecified atom stereocenters. The lowest BCUT2D eigenvalue weighted by molar-refractivity contribution is -0.127. The van der Waals surface area contributed by atoms with Crippen molar-refractivity contribution in [1.29, 1.82) is 0 Å². The summed E-state index contributed by atoms with van der Waals surface area (Å²) in [6.07, 6.45) is 3.28. The highest BCUT2D eigenvalue weighted by Gasteiger charge is 2.28. The van der Waals surface area contributed by atoms with Crippen LogP contribution in [0.2, 0.25) is 0 Å². The van der Waals surface area contributed by atoms with Crippen LogP contribution in [0.4, 0.5) is 0 Å². The van der Waals surface area contributed by atoms with Gasteiger partial charge in [-0.25, -0.2) is 0 Å². The molecule has 2 aromatic rings. The first-order valence-electron chi connectivity index (χ1n) is 6.93. The van der Waals surface area contributed by atoms with Gasteiger partial charge in [0.25, 0.3) is 0 Å². The zero-order chi connectivity index (χ0) is 13.9. The van der Waals surface area contributed by atoms with Crippen molar-refractivity contribution in [1.82, 2.24) is 9.88 Å². The van der Waals surface area contributed by atoms with Crippen LogP contribution in [0.5, 0.6) is 0 Å². The maximum Gasteiger partial charge on any atom is 0.222 e. The number of fused-ring (bicyclic) bond motifs is 1. The molecule has 1 atom stereocenters. The minimum atomic E-state index is 0.231. The average molecular weight is 289 g/mol. The van der Waals surface area contributed by atoms with E-state index in [-0.39, 0.29) is 5.91 Å². The Bertz CT molecular complexity index is 629. The molecule has 20 heavy (non-hydrogen) atoms. The topological polar surface area (TPSA) is 33.2 Å². The highest BCUT2D eigenvalue weighted by molar-refractivity contribution is 6.18. The van der Waals surface area contributed by atoms with E-state index in [1.165, 1.54) is 5.56 Å². The maximum absolute atomic E-state index is 11.8. The SMILES string of the molecule is O=C1CC(CCl)CN1CCc1ccc2cccnc2c1. The zero-order valence-electron chi connectivity index (χ0n) is 11.3. The molecule has 0 N–H and O–H groups in total. The normalized spacial score (nSPS) is 18.9. The van der Waals surface area contributed by atoms with Crippen molar-refractivity contribution in [3.8, 4) is 0 Å². The average Bonchev–Trinajstić information content (AvgIpc) is 2.85. The van der Waals surface area contributed by atoms with Gasteiger partial charge in [0.2, 0.25) is 5.91 Å². The molecule has 1 aromatic heterocycles. The van der Waals surface area contributed by atoms with Gasteiger partial charge in [-0.3, -0.25) is 9.78 Å². The van der Waals surface area contributed by atoms with E-state index in [1.54, 1.807) is 6.20 Å². The van der Waals surface area contributed by atoms with Gasteiger partial charge in [-0.05, 0) is 30.0 Å².